The molecule has 42 heavy (non-hydrogen) atoms. The number of nitrogens with one attached hydrogen (secondary N) is 1. The molecular weight excluding hydrogens is 526 g/mol. The van der Waals surface area contributed by atoms with Gasteiger partial charge in [-0.15, -0.1) is 0 Å². The Hall–Kier alpha value is -3.81. The largest absolute Gasteiger partial charge is 0.493 e. The number of hydrogen-bond acceptors (Lipinski definition) is 7. The van der Waals surface area contributed by atoms with E-state index in [2.05, 4.69) is 60.2 Å². The number of aliphatic hydroxyl groups excluding tert-OH is 1. The molecule has 0 spiro atoms. The van der Waals surface area contributed by atoms with Gasteiger partial charge in [-0.05, 0) is 85.4 Å². The zero-order valence-corrected chi connectivity index (χ0v) is 25.2. The minimum absolute atomic E-state index is 0.127. The Morgan fingerprint density at radius 2 is 1.52 bits per heavy atom. The zero-order valence-electron chi connectivity index (χ0n) is 25.2. The number of pyridine rings is 1. The molecule has 1 atom stereocenters. The fraction of sp³-hybridized carbons (Fsp3) is 0.400. The van der Waals surface area contributed by atoms with E-state index in [0.29, 0.717) is 29.5 Å². The minimum atomic E-state index is -0.577. The Morgan fingerprint density at radius 1 is 0.857 bits per heavy atom. The van der Waals surface area contributed by atoms with Crippen LogP contribution in [0.2, 0.25) is 0 Å². The fourth-order valence-corrected chi connectivity index (χ4v) is 5.30. The summed E-state index contributed by atoms with van der Waals surface area (Å²) >= 11 is 0. The normalized spacial score (nSPS) is 15.2. The van der Waals surface area contributed by atoms with Gasteiger partial charge in [0.15, 0.2) is 11.5 Å². The second kappa shape index (κ2) is 13.4. The highest BCUT2D eigenvalue weighted by Gasteiger charge is 2.17. The van der Waals surface area contributed by atoms with Crippen LogP contribution in [-0.2, 0) is 5.41 Å². The summed E-state index contributed by atoms with van der Waals surface area (Å²) in [5, 5.41) is 14.9. The first kappa shape index (κ1) is 29.7. The van der Waals surface area contributed by atoms with Gasteiger partial charge >= 0.3 is 0 Å². The number of methoxy groups -OCH3 is 1. The van der Waals surface area contributed by atoms with Crippen molar-refractivity contribution in [2.75, 3.05) is 38.7 Å². The van der Waals surface area contributed by atoms with E-state index in [1.165, 1.54) is 31.2 Å². The molecule has 7 heteroatoms. The predicted octanol–water partition coefficient (Wildman–Crippen LogP) is 7.69. The van der Waals surface area contributed by atoms with E-state index in [-0.39, 0.29) is 12.0 Å². The molecule has 2 N–H and O–H groups in total. The second-order valence-electron chi connectivity index (χ2n) is 12.1. The molecule has 1 aliphatic rings. The summed E-state index contributed by atoms with van der Waals surface area (Å²) in [6, 6.07) is 22.0. The molecule has 0 bridgehead atoms. The highest BCUT2D eigenvalue weighted by atomic mass is 16.5. The number of benzene rings is 3. The van der Waals surface area contributed by atoms with Gasteiger partial charge in [-0.25, -0.2) is 0 Å². The van der Waals surface area contributed by atoms with E-state index in [1.54, 1.807) is 13.3 Å². The van der Waals surface area contributed by atoms with Crippen molar-refractivity contribution >= 4 is 22.3 Å². The molecule has 0 amide bonds. The Morgan fingerprint density at radius 3 is 2.17 bits per heavy atom. The first-order chi connectivity index (χ1) is 20.3. The van der Waals surface area contributed by atoms with Crippen LogP contribution in [0.3, 0.4) is 0 Å². The number of ether oxygens (including phenoxy) is 3. The summed E-state index contributed by atoms with van der Waals surface area (Å²) in [6.45, 7) is 9.52. The highest BCUT2D eigenvalue weighted by molar-refractivity contribution is 5.88. The molecule has 7 nitrogen and oxygen atoms in total. The van der Waals surface area contributed by atoms with E-state index < -0.39 is 6.10 Å². The van der Waals surface area contributed by atoms with Gasteiger partial charge in [0.2, 0.25) is 0 Å². The van der Waals surface area contributed by atoms with Crippen molar-refractivity contribution in [2.24, 2.45) is 0 Å². The highest BCUT2D eigenvalue weighted by Crippen LogP contribution is 2.37. The van der Waals surface area contributed by atoms with Crippen molar-refractivity contribution in [1.29, 1.82) is 0 Å². The van der Waals surface area contributed by atoms with Crippen LogP contribution in [0.1, 0.15) is 52.0 Å². The van der Waals surface area contributed by atoms with E-state index in [4.69, 9.17) is 14.2 Å². The van der Waals surface area contributed by atoms with Crippen LogP contribution in [0.15, 0.2) is 72.9 Å². The molecule has 1 fully saturated rings. The average Bonchev–Trinajstić information content (AvgIpc) is 3.25. The molecule has 1 saturated heterocycles. The number of aliphatic hydroxyl groups is 1. The van der Waals surface area contributed by atoms with Crippen molar-refractivity contribution in [3.8, 4) is 23.0 Å². The van der Waals surface area contributed by atoms with Crippen LogP contribution in [0.4, 0.5) is 11.4 Å². The first-order valence-electron chi connectivity index (χ1n) is 14.9. The van der Waals surface area contributed by atoms with Crippen LogP contribution in [0, 0.1) is 0 Å². The van der Waals surface area contributed by atoms with Crippen LogP contribution < -0.4 is 19.5 Å². The minimum Gasteiger partial charge on any atom is -0.493 e. The smallest absolute Gasteiger partial charge is 0.163 e. The number of anilines is 2. The number of nitrogens with zero attached hydrogens (tertiary/aromatic N) is 2. The van der Waals surface area contributed by atoms with Gasteiger partial charge < -0.3 is 29.5 Å². The lowest BCUT2D eigenvalue weighted by molar-refractivity contribution is 0.0684. The van der Waals surface area contributed by atoms with Gasteiger partial charge in [0.1, 0.15) is 24.2 Å². The van der Waals surface area contributed by atoms with Gasteiger partial charge in [0.05, 0.1) is 12.6 Å². The summed E-state index contributed by atoms with van der Waals surface area (Å²) in [7, 11) is 1.61. The van der Waals surface area contributed by atoms with Crippen molar-refractivity contribution in [2.45, 2.75) is 58.0 Å². The topological polar surface area (TPSA) is 76.1 Å². The Bertz CT molecular complexity index is 1440. The summed E-state index contributed by atoms with van der Waals surface area (Å²) in [5.41, 5.74) is 4.17. The third-order valence-electron chi connectivity index (χ3n) is 7.71. The molecule has 4 aromatic rings. The molecule has 0 aliphatic carbocycles. The summed E-state index contributed by atoms with van der Waals surface area (Å²) < 4.78 is 17.9. The lowest BCUT2D eigenvalue weighted by Crippen LogP contribution is -2.36. The molecule has 1 unspecified atom stereocenters. The standard InChI is InChI=1S/C35H43N3O4/c1-35(2,3)25-9-11-26(12-10-25)37-27-13-15-29(16-14-27)42-32-17-18-36-31-22-34(33(40-4)21-30(31)32)41-24-28(39)23-38-19-7-5-6-8-20-38/h9-18,21-22,28,37,39H,5-8,19-20,23-24H2,1-4H3. The van der Waals surface area contributed by atoms with Crippen LogP contribution in [0.25, 0.3) is 10.9 Å². The number of fused-ring (bicyclic) bond motifs is 1. The SMILES string of the molecule is COc1cc2c(Oc3ccc(Nc4ccc(C(C)(C)C)cc4)cc3)ccnc2cc1OCC(O)CN1CCCCCC1. The number of aromatic nitrogens is 1. The van der Waals surface area contributed by atoms with Crippen LogP contribution >= 0.6 is 0 Å². The molecule has 2 heterocycles. The van der Waals surface area contributed by atoms with Crippen molar-refractivity contribution in [1.82, 2.24) is 9.88 Å². The second-order valence-corrected chi connectivity index (χ2v) is 12.1. The van der Waals surface area contributed by atoms with Crippen molar-refractivity contribution in [3.63, 3.8) is 0 Å². The maximum absolute atomic E-state index is 10.6. The van der Waals surface area contributed by atoms with E-state index in [9.17, 15) is 5.11 Å². The lowest BCUT2D eigenvalue weighted by atomic mass is 9.87. The molecule has 0 saturated carbocycles. The summed E-state index contributed by atoms with van der Waals surface area (Å²) in [4.78, 5) is 6.87. The third kappa shape index (κ3) is 7.72. The predicted molar refractivity (Wildman–Crippen MR) is 170 cm³/mol. The molecule has 5 rings (SSSR count). The molecule has 222 valence electrons. The maximum atomic E-state index is 10.6. The number of likely N-dealkylation sites (tertiary alicyclic amines) is 1. The third-order valence-corrected chi connectivity index (χ3v) is 7.71. The monoisotopic (exact) mass is 569 g/mol. The van der Waals surface area contributed by atoms with Gasteiger partial charge in [0, 0.05) is 35.6 Å². The molecule has 3 aromatic carbocycles. The van der Waals surface area contributed by atoms with Crippen LogP contribution in [-0.4, -0.2) is 54.4 Å². The number of β-amino-alcohol motifs (C(OH)–C–C–N with tert-alkyl or cyclic N) is 1. The molecular formula is C35H43N3O4. The zero-order chi connectivity index (χ0) is 29.5. The van der Waals surface area contributed by atoms with E-state index in [1.807, 2.05) is 42.5 Å². The molecule has 1 aromatic heterocycles. The fourth-order valence-electron chi connectivity index (χ4n) is 5.30. The number of hydrogen-bond donors (Lipinski definition) is 2. The summed E-state index contributed by atoms with van der Waals surface area (Å²) in [5.74, 6) is 2.51. The number of rotatable bonds is 10. The van der Waals surface area contributed by atoms with Gasteiger partial charge in [-0.2, -0.15) is 0 Å². The quantitative estimate of drug-likeness (QED) is 0.203. The van der Waals surface area contributed by atoms with Crippen LogP contribution in [0.5, 0.6) is 23.0 Å². The summed E-state index contributed by atoms with van der Waals surface area (Å²) in [6.07, 6.45) is 6.06. The lowest BCUT2D eigenvalue weighted by Gasteiger charge is -2.23. The maximum Gasteiger partial charge on any atom is 0.163 e. The van der Waals surface area contributed by atoms with Crippen molar-refractivity contribution < 1.29 is 19.3 Å². The van der Waals surface area contributed by atoms with E-state index in [0.717, 1.165) is 35.4 Å². The average molecular weight is 570 g/mol. The Labute approximate surface area is 249 Å². The van der Waals surface area contributed by atoms with Gasteiger partial charge in [-0.1, -0.05) is 45.7 Å². The van der Waals surface area contributed by atoms with Gasteiger partial charge in [0.25, 0.3) is 0 Å². The van der Waals surface area contributed by atoms with E-state index >= 15 is 0 Å². The first-order valence-corrected chi connectivity index (χ1v) is 14.9. The molecule has 1 aliphatic heterocycles. The Kier molecular flexibility index (Phi) is 9.50. The Balaban J connectivity index is 1.24. The van der Waals surface area contributed by atoms with Gasteiger partial charge in [-0.3, -0.25) is 4.98 Å². The van der Waals surface area contributed by atoms with Crippen molar-refractivity contribution in [3.05, 3.63) is 78.5 Å². The molecule has 0 radical (unpaired) electrons.